The SMILES string of the molecule is O=C(C[C@H]1CCS(=O)(=O)C1)N1CCC[C@@H]1c1nc(-c2ccccn2)cc(=O)[nH]1. The van der Waals surface area contributed by atoms with Crippen molar-refractivity contribution in [2.45, 2.75) is 31.7 Å². The molecule has 28 heavy (non-hydrogen) atoms. The highest BCUT2D eigenvalue weighted by Gasteiger charge is 2.35. The topological polar surface area (TPSA) is 113 Å². The molecule has 2 aromatic heterocycles. The fourth-order valence-electron chi connectivity index (χ4n) is 4.03. The zero-order valence-corrected chi connectivity index (χ0v) is 16.2. The summed E-state index contributed by atoms with van der Waals surface area (Å²) < 4.78 is 23.3. The first-order valence-electron chi connectivity index (χ1n) is 9.44. The molecule has 2 fully saturated rings. The number of hydrogen-bond donors (Lipinski definition) is 1. The predicted molar refractivity (Wildman–Crippen MR) is 103 cm³/mol. The van der Waals surface area contributed by atoms with Gasteiger partial charge in [-0.25, -0.2) is 13.4 Å². The quantitative estimate of drug-likeness (QED) is 0.825. The molecular formula is C19H22N4O4S. The first kappa shape index (κ1) is 18.8. The van der Waals surface area contributed by atoms with Crippen LogP contribution < -0.4 is 5.56 Å². The van der Waals surface area contributed by atoms with E-state index in [1.165, 1.54) is 6.07 Å². The third-order valence-corrected chi connectivity index (χ3v) is 7.20. The maximum absolute atomic E-state index is 12.8. The summed E-state index contributed by atoms with van der Waals surface area (Å²) in [5, 5.41) is 0. The van der Waals surface area contributed by atoms with Crippen LogP contribution in [0.2, 0.25) is 0 Å². The molecule has 9 heteroatoms. The molecule has 0 spiro atoms. The van der Waals surface area contributed by atoms with Gasteiger partial charge in [-0.05, 0) is 37.3 Å². The number of carbonyl (C=O) groups excluding carboxylic acids is 1. The molecule has 1 amide bonds. The average Bonchev–Trinajstić information content (AvgIpc) is 3.28. The van der Waals surface area contributed by atoms with Crippen LogP contribution in [0.3, 0.4) is 0 Å². The van der Waals surface area contributed by atoms with Crippen molar-refractivity contribution in [1.82, 2.24) is 19.9 Å². The van der Waals surface area contributed by atoms with Gasteiger partial charge in [0.1, 0.15) is 5.82 Å². The Labute approximate surface area is 162 Å². The first-order chi connectivity index (χ1) is 13.4. The minimum absolute atomic E-state index is 0.0736. The molecular weight excluding hydrogens is 380 g/mol. The van der Waals surface area contributed by atoms with Crippen LogP contribution in [0.15, 0.2) is 35.3 Å². The maximum atomic E-state index is 12.8. The molecule has 4 rings (SSSR count). The van der Waals surface area contributed by atoms with Crippen LogP contribution in [0.4, 0.5) is 0 Å². The van der Waals surface area contributed by atoms with E-state index in [9.17, 15) is 18.0 Å². The molecule has 4 heterocycles. The van der Waals surface area contributed by atoms with Gasteiger partial charge in [0.2, 0.25) is 5.91 Å². The Morgan fingerprint density at radius 1 is 1.25 bits per heavy atom. The standard InChI is InChI=1S/C19H22N4O4S/c24-17-11-15(14-4-1-2-7-20-14)21-19(22-17)16-5-3-8-23(16)18(25)10-13-6-9-28(26,27)12-13/h1-2,4,7,11,13,16H,3,5-6,8-10,12H2,(H,21,22,24)/t13-,16-/m1/s1. The summed E-state index contributed by atoms with van der Waals surface area (Å²) in [6, 6.07) is 6.49. The lowest BCUT2D eigenvalue weighted by molar-refractivity contribution is -0.133. The van der Waals surface area contributed by atoms with E-state index in [0.29, 0.717) is 36.6 Å². The number of hydrogen-bond acceptors (Lipinski definition) is 6. The van der Waals surface area contributed by atoms with Gasteiger partial charge in [0, 0.05) is 25.2 Å². The van der Waals surface area contributed by atoms with E-state index in [1.807, 2.05) is 6.07 Å². The lowest BCUT2D eigenvalue weighted by atomic mass is 10.0. The number of nitrogens with zero attached hydrogens (tertiary/aromatic N) is 3. The third-order valence-electron chi connectivity index (χ3n) is 5.37. The number of likely N-dealkylation sites (tertiary alicyclic amines) is 1. The van der Waals surface area contributed by atoms with Gasteiger partial charge in [0.15, 0.2) is 9.84 Å². The molecule has 0 aromatic carbocycles. The second-order valence-corrected chi connectivity index (χ2v) is 9.68. The fourth-order valence-corrected chi connectivity index (χ4v) is 5.89. The predicted octanol–water partition coefficient (Wildman–Crippen LogP) is 1.32. The highest BCUT2D eigenvalue weighted by Crippen LogP contribution is 2.32. The Morgan fingerprint density at radius 2 is 2.11 bits per heavy atom. The van der Waals surface area contributed by atoms with Crippen LogP contribution in [0, 0.1) is 5.92 Å². The Kier molecular flexibility index (Phi) is 5.01. The number of carbonyl (C=O) groups is 1. The van der Waals surface area contributed by atoms with Crippen molar-refractivity contribution in [3.05, 3.63) is 46.6 Å². The molecule has 8 nitrogen and oxygen atoms in total. The van der Waals surface area contributed by atoms with Crippen LogP contribution in [0.1, 0.15) is 37.5 Å². The van der Waals surface area contributed by atoms with Gasteiger partial charge >= 0.3 is 0 Å². The molecule has 0 aliphatic carbocycles. The number of rotatable bonds is 4. The van der Waals surface area contributed by atoms with E-state index in [0.717, 1.165) is 6.42 Å². The molecule has 0 radical (unpaired) electrons. The van der Waals surface area contributed by atoms with Crippen molar-refractivity contribution in [2.75, 3.05) is 18.1 Å². The Bertz CT molecular complexity index is 1040. The number of aromatic amines is 1. The smallest absolute Gasteiger partial charge is 0.251 e. The van der Waals surface area contributed by atoms with Crippen molar-refractivity contribution < 1.29 is 13.2 Å². The molecule has 2 aliphatic rings. The van der Waals surface area contributed by atoms with Crippen LogP contribution in [0.25, 0.3) is 11.4 Å². The van der Waals surface area contributed by atoms with Gasteiger partial charge in [-0.3, -0.25) is 14.6 Å². The summed E-state index contributed by atoms with van der Waals surface area (Å²) in [6.45, 7) is 0.584. The van der Waals surface area contributed by atoms with Crippen molar-refractivity contribution >= 4 is 15.7 Å². The number of amides is 1. The second kappa shape index (κ2) is 7.46. The van der Waals surface area contributed by atoms with Crippen molar-refractivity contribution in [3.63, 3.8) is 0 Å². The Morgan fingerprint density at radius 3 is 2.82 bits per heavy atom. The Balaban J connectivity index is 1.56. The van der Waals surface area contributed by atoms with E-state index >= 15 is 0 Å². The van der Waals surface area contributed by atoms with Crippen LogP contribution in [0.5, 0.6) is 0 Å². The molecule has 0 unspecified atom stereocenters. The summed E-state index contributed by atoms with van der Waals surface area (Å²) in [5.41, 5.74) is 0.786. The molecule has 0 bridgehead atoms. The number of nitrogens with one attached hydrogen (secondary N) is 1. The highest BCUT2D eigenvalue weighted by molar-refractivity contribution is 7.91. The van der Waals surface area contributed by atoms with Gasteiger partial charge in [0.25, 0.3) is 5.56 Å². The maximum Gasteiger partial charge on any atom is 0.251 e. The summed E-state index contributed by atoms with van der Waals surface area (Å²) >= 11 is 0. The first-order valence-corrected chi connectivity index (χ1v) is 11.3. The highest BCUT2D eigenvalue weighted by atomic mass is 32.2. The summed E-state index contributed by atoms with van der Waals surface area (Å²) in [7, 11) is -3.01. The van der Waals surface area contributed by atoms with Gasteiger partial charge in [-0.15, -0.1) is 0 Å². The van der Waals surface area contributed by atoms with Crippen LogP contribution in [-0.4, -0.2) is 52.2 Å². The van der Waals surface area contributed by atoms with E-state index in [2.05, 4.69) is 15.0 Å². The van der Waals surface area contributed by atoms with E-state index in [-0.39, 0.29) is 41.4 Å². The molecule has 2 atom stereocenters. The van der Waals surface area contributed by atoms with Crippen molar-refractivity contribution in [2.24, 2.45) is 5.92 Å². The largest absolute Gasteiger partial charge is 0.333 e. The number of sulfone groups is 1. The molecule has 0 saturated carbocycles. The van der Waals surface area contributed by atoms with Crippen molar-refractivity contribution in [3.8, 4) is 11.4 Å². The van der Waals surface area contributed by atoms with E-state index in [4.69, 9.17) is 0 Å². The summed E-state index contributed by atoms with van der Waals surface area (Å²) in [6.07, 6.45) is 3.93. The van der Waals surface area contributed by atoms with Gasteiger partial charge in [-0.2, -0.15) is 0 Å². The molecule has 1 N–H and O–H groups in total. The minimum atomic E-state index is -3.01. The molecule has 2 aliphatic heterocycles. The van der Waals surface area contributed by atoms with E-state index < -0.39 is 9.84 Å². The van der Waals surface area contributed by atoms with Gasteiger partial charge in [0.05, 0.1) is 28.9 Å². The Hall–Kier alpha value is -2.55. The summed E-state index contributed by atoms with van der Waals surface area (Å²) in [5.74, 6) is 0.510. The van der Waals surface area contributed by atoms with Crippen LogP contribution in [-0.2, 0) is 14.6 Å². The number of H-pyrrole nitrogens is 1. The van der Waals surface area contributed by atoms with Crippen LogP contribution >= 0.6 is 0 Å². The number of pyridine rings is 1. The van der Waals surface area contributed by atoms with Crippen molar-refractivity contribution in [1.29, 1.82) is 0 Å². The third kappa shape index (κ3) is 3.99. The molecule has 2 saturated heterocycles. The lowest BCUT2D eigenvalue weighted by Gasteiger charge is -2.25. The monoisotopic (exact) mass is 402 g/mol. The minimum Gasteiger partial charge on any atom is -0.333 e. The fraction of sp³-hybridized carbons (Fsp3) is 0.474. The van der Waals surface area contributed by atoms with Gasteiger partial charge in [-0.1, -0.05) is 6.07 Å². The second-order valence-electron chi connectivity index (χ2n) is 7.45. The zero-order valence-electron chi connectivity index (χ0n) is 15.4. The number of aromatic nitrogens is 3. The molecule has 2 aromatic rings. The molecule has 148 valence electrons. The van der Waals surface area contributed by atoms with Gasteiger partial charge < -0.3 is 9.88 Å². The van der Waals surface area contributed by atoms with E-state index in [1.54, 1.807) is 23.2 Å². The zero-order chi connectivity index (χ0) is 19.7. The summed E-state index contributed by atoms with van der Waals surface area (Å²) in [4.78, 5) is 38.3. The average molecular weight is 402 g/mol. The lowest BCUT2D eigenvalue weighted by Crippen LogP contribution is -2.33. The normalized spacial score (nSPS) is 23.8.